The molecule has 5 rings (SSSR count). The van der Waals surface area contributed by atoms with Crippen molar-refractivity contribution in [2.75, 3.05) is 5.32 Å². The van der Waals surface area contributed by atoms with Crippen LogP contribution in [0.2, 0.25) is 15.1 Å². The molecule has 0 spiro atoms. The third kappa shape index (κ3) is 3.44. The first kappa shape index (κ1) is 19.4. The van der Waals surface area contributed by atoms with Gasteiger partial charge in [0.2, 0.25) is 5.89 Å². The first-order chi connectivity index (χ1) is 14.5. The summed E-state index contributed by atoms with van der Waals surface area (Å²) in [6.45, 7) is 0. The van der Waals surface area contributed by atoms with E-state index in [2.05, 4.69) is 10.3 Å². The molecular weight excluding hydrogens is 463 g/mol. The number of benzene rings is 3. The highest BCUT2D eigenvalue weighted by atomic mass is 35.5. The summed E-state index contributed by atoms with van der Waals surface area (Å²) in [6, 6.07) is 17.9. The smallest absolute Gasteiger partial charge is 0.267 e. The maximum absolute atomic E-state index is 12.9. The van der Waals surface area contributed by atoms with Gasteiger partial charge in [0.25, 0.3) is 5.91 Å². The summed E-state index contributed by atoms with van der Waals surface area (Å²) in [5.74, 6) is 0.0648. The lowest BCUT2D eigenvalue weighted by atomic mass is 10.2. The quantitative estimate of drug-likeness (QED) is 0.289. The number of fused-ring (bicyclic) bond motifs is 2. The zero-order chi connectivity index (χ0) is 20.8. The second-order valence-corrected chi connectivity index (χ2v) is 8.79. The number of nitrogens with zero attached hydrogens (tertiary/aromatic N) is 1. The Morgan fingerprint density at radius 3 is 2.67 bits per heavy atom. The number of anilines is 1. The molecule has 148 valence electrons. The van der Waals surface area contributed by atoms with Crippen LogP contribution < -0.4 is 5.32 Å². The average molecular weight is 474 g/mol. The third-order valence-electron chi connectivity index (χ3n) is 4.55. The Bertz CT molecular complexity index is 1410. The number of thiophene rings is 1. The van der Waals surface area contributed by atoms with E-state index in [9.17, 15) is 4.79 Å². The van der Waals surface area contributed by atoms with Gasteiger partial charge in [-0.25, -0.2) is 4.98 Å². The van der Waals surface area contributed by atoms with E-state index < -0.39 is 0 Å². The Morgan fingerprint density at radius 2 is 1.83 bits per heavy atom. The van der Waals surface area contributed by atoms with E-state index in [1.54, 1.807) is 36.4 Å². The van der Waals surface area contributed by atoms with Gasteiger partial charge in [0.05, 0.1) is 15.6 Å². The summed E-state index contributed by atoms with van der Waals surface area (Å²) in [7, 11) is 0. The van der Waals surface area contributed by atoms with Gasteiger partial charge in [-0.3, -0.25) is 4.79 Å². The van der Waals surface area contributed by atoms with Gasteiger partial charge in [-0.1, -0.05) is 53.0 Å². The summed E-state index contributed by atoms with van der Waals surface area (Å²) in [4.78, 5) is 17.8. The molecule has 0 aliphatic rings. The predicted molar refractivity (Wildman–Crippen MR) is 124 cm³/mol. The topological polar surface area (TPSA) is 55.1 Å². The Kier molecular flexibility index (Phi) is 4.91. The van der Waals surface area contributed by atoms with Gasteiger partial charge >= 0.3 is 0 Å². The van der Waals surface area contributed by atoms with Gasteiger partial charge in [-0.05, 0) is 42.5 Å². The Morgan fingerprint density at radius 1 is 1.00 bits per heavy atom. The van der Waals surface area contributed by atoms with Crippen molar-refractivity contribution in [2.24, 2.45) is 0 Å². The second-order valence-electron chi connectivity index (χ2n) is 6.52. The molecule has 0 saturated heterocycles. The van der Waals surface area contributed by atoms with Crippen molar-refractivity contribution in [3.63, 3.8) is 0 Å². The molecule has 1 N–H and O–H groups in total. The van der Waals surface area contributed by atoms with E-state index in [1.807, 2.05) is 24.3 Å². The van der Waals surface area contributed by atoms with Crippen LogP contribution in [0.3, 0.4) is 0 Å². The highest BCUT2D eigenvalue weighted by molar-refractivity contribution is 7.21. The molecule has 0 aliphatic carbocycles. The van der Waals surface area contributed by atoms with Crippen LogP contribution in [0.15, 0.2) is 65.1 Å². The molecule has 3 aromatic carbocycles. The maximum atomic E-state index is 12.9. The molecule has 0 radical (unpaired) electrons. The maximum Gasteiger partial charge on any atom is 0.267 e. The molecule has 8 heteroatoms. The van der Waals surface area contributed by atoms with Gasteiger partial charge in [0, 0.05) is 20.8 Å². The number of halogens is 3. The minimum absolute atomic E-state index is 0.317. The van der Waals surface area contributed by atoms with Gasteiger partial charge in [0.15, 0.2) is 5.58 Å². The SMILES string of the molecule is O=C(Nc1ccc(Cl)c(-c2nc3ccccc3o2)c1)c1sc2cc(Cl)ccc2c1Cl. The van der Waals surface area contributed by atoms with E-state index in [4.69, 9.17) is 39.2 Å². The largest absolute Gasteiger partial charge is 0.436 e. The molecule has 1 amide bonds. The lowest BCUT2D eigenvalue weighted by Gasteiger charge is -2.07. The molecule has 0 aliphatic heterocycles. The van der Waals surface area contributed by atoms with Crippen molar-refractivity contribution in [1.29, 1.82) is 0 Å². The Labute approximate surface area is 190 Å². The Balaban J connectivity index is 1.49. The fourth-order valence-corrected chi connectivity index (χ4v) is 5.01. The van der Waals surface area contributed by atoms with Crippen LogP contribution in [0.25, 0.3) is 32.6 Å². The zero-order valence-electron chi connectivity index (χ0n) is 15.1. The third-order valence-corrected chi connectivity index (χ3v) is 6.77. The van der Waals surface area contributed by atoms with E-state index in [-0.39, 0.29) is 5.91 Å². The molecule has 30 heavy (non-hydrogen) atoms. The lowest BCUT2D eigenvalue weighted by molar-refractivity contribution is 0.103. The molecule has 2 aromatic heterocycles. The number of rotatable bonds is 3. The molecule has 0 atom stereocenters. The number of amides is 1. The number of para-hydroxylation sites is 2. The van der Waals surface area contributed by atoms with Crippen molar-refractivity contribution in [3.05, 3.63) is 80.6 Å². The number of carbonyl (C=O) groups excluding carboxylic acids is 1. The normalized spacial score (nSPS) is 11.3. The highest BCUT2D eigenvalue weighted by Gasteiger charge is 2.19. The van der Waals surface area contributed by atoms with Gasteiger partial charge in [-0.15, -0.1) is 11.3 Å². The minimum atomic E-state index is -0.317. The molecule has 4 nitrogen and oxygen atoms in total. The van der Waals surface area contributed by atoms with Crippen LogP contribution in [0.1, 0.15) is 9.67 Å². The summed E-state index contributed by atoms with van der Waals surface area (Å²) in [5, 5.41) is 5.12. The van der Waals surface area contributed by atoms with Crippen molar-refractivity contribution >= 4 is 78.9 Å². The van der Waals surface area contributed by atoms with E-state index in [0.717, 1.165) is 15.6 Å². The fourth-order valence-electron chi connectivity index (χ4n) is 3.13. The van der Waals surface area contributed by atoms with E-state index in [1.165, 1.54) is 11.3 Å². The number of carbonyl (C=O) groups is 1. The summed E-state index contributed by atoms with van der Waals surface area (Å²) >= 11 is 20.1. The van der Waals surface area contributed by atoms with Crippen molar-refractivity contribution < 1.29 is 9.21 Å². The fraction of sp³-hybridized carbons (Fsp3) is 0. The van der Waals surface area contributed by atoms with Gasteiger partial charge < -0.3 is 9.73 Å². The molecular formula is C22H11Cl3N2O2S. The number of hydrogen-bond donors (Lipinski definition) is 1. The Hall–Kier alpha value is -2.57. The van der Waals surface area contributed by atoms with Gasteiger partial charge in [-0.2, -0.15) is 0 Å². The van der Waals surface area contributed by atoms with Crippen LogP contribution in [-0.4, -0.2) is 10.9 Å². The van der Waals surface area contributed by atoms with Crippen LogP contribution >= 0.6 is 46.1 Å². The molecule has 0 unspecified atom stereocenters. The van der Waals surface area contributed by atoms with E-state index in [0.29, 0.717) is 42.7 Å². The summed E-state index contributed by atoms with van der Waals surface area (Å²) in [5.41, 5.74) is 2.52. The van der Waals surface area contributed by atoms with E-state index >= 15 is 0 Å². The van der Waals surface area contributed by atoms with Crippen LogP contribution in [0.4, 0.5) is 5.69 Å². The molecule has 0 fully saturated rings. The summed E-state index contributed by atoms with van der Waals surface area (Å²) in [6.07, 6.45) is 0. The molecule has 0 bridgehead atoms. The highest BCUT2D eigenvalue weighted by Crippen LogP contribution is 2.38. The zero-order valence-corrected chi connectivity index (χ0v) is 18.2. The number of hydrogen-bond acceptors (Lipinski definition) is 4. The number of nitrogens with one attached hydrogen (secondary N) is 1. The minimum Gasteiger partial charge on any atom is -0.436 e. The first-order valence-electron chi connectivity index (χ1n) is 8.84. The van der Waals surface area contributed by atoms with Gasteiger partial charge in [0.1, 0.15) is 10.4 Å². The van der Waals surface area contributed by atoms with Crippen LogP contribution in [0.5, 0.6) is 0 Å². The monoisotopic (exact) mass is 472 g/mol. The molecule has 2 heterocycles. The molecule has 0 saturated carbocycles. The summed E-state index contributed by atoms with van der Waals surface area (Å²) < 4.78 is 6.66. The van der Waals surface area contributed by atoms with Crippen LogP contribution in [0, 0.1) is 0 Å². The van der Waals surface area contributed by atoms with Crippen molar-refractivity contribution in [2.45, 2.75) is 0 Å². The average Bonchev–Trinajstić information content (AvgIpc) is 3.30. The second kappa shape index (κ2) is 7.60. The predicted octanol–water partition coefficient (Wildman–Crippen LogP) is 7.92. The van der Waals surface area contributed by atoms with Crippen LogP contribution in [-0.2, 0) is 0 Å². The lowest BCUT2D eigenvalue weighted by Crippen LogP contribution is -2.10. The first-order valence-corrected chi connectivity index (χ1v) is 10.8. The standard InChI is InChI=1S/C22H11Cl3N2O2S/c23-11-5-7-13-18(9-11)30-20(19(13)25)21(28)26-12-6-8-15(24)14(10-12)22-27-16-3-1-2-4-17(16)29-22/h1-10H,(H,26,28). The molecule has 5 aromatic rings. The van der Waals surface area contributed by atoms with Crippen molar-refractivity contribution in [3.8, 4) is 11.5 Å². The van der Waals surface area contributed by atoms with Crippen molar-refractivity contribution in [1.82, 2.24) is 4.98 Å². The number of aromatic nitrogens is 1. The number of oxazole rings is 1.